The van der Waals surface area contributed by atoms with E-state index in [4.69, 9.17) is 0 Å². The molecular weight excluding hydrogens is 160 g/mol. The minimum absolute atomic E-state index is 0.544. The van der Waals surface area contributed by atoms with Crippen molar-refractivity contribution < 1.29 is 0 Å². The van der Waals surface area contributed by atoms with Gasteiger partial charge in [-0.15, -0.1) is 0 Å². The van der Waals surface area contributed by atoms with E-state index in [1.54, 1.807) is 0 Å². The molecular formula is C11H22N2. The number of likely N-dealkylation sites (N-methyl/N-ethyl adjacent to an activating group) is 1. The molecule has 1 atom stereocenters. The van der Waals surface area contributed by atoms with Crippen molar-refractivity contribution in [3.05, 3.63) is 0 Å². The first-order chi connectivity index (χ1) is 6.11. The number of hydrogen-bond acceptors (Lipinski definition) is 2. The molecule has 1 aliphatic heterocycles. The summed E-state index contributed by atoms with van der Waals surface area (Å²) in [6, 6.07) is 0.770. The monoisotopic (exact) mass is 182 g/mol. The van der Waals surface area contributed by atoms with Crippen LogP contribution < -0.4 is 5.32 Å². The van der Waals surface area contributed by atoms with Crippen LogP contribution in [-0.2, 0) is 0 Å². The summed E-state index contributed by atoms with van der Waals surface area (Å²) in [7, 11) is 2.29. The van der Waals surface area contributed by atoms with Gasteiger partial charge in [0.25, 0.3) is 0 Å². The fraction of sp³-hybridized carbons (Fsp3) is 1.00. The normalized spacial score (nSPS) is 32.8. The summed E-state index contributed by atoms with van der Waals surface area (Å²) in [5, 5.41) is 3.71. The average molecular weight is 182 g/mol. The van der Waals surface area contributed by atoms with Gasteiger partial charge in [0, 0.05) is 24.7 Å². The molecule has 0 bridgehead atoms. The predicted octanol–water partition coefficient (Wildman–Crippen LogP) is 1.47. The average Bonchev–Trinajstić information content (AvgIpc) is 2.76. The van der Waals surface area contributed by atoms with Crippen molar-refractivity contribution in [2.24, 2.45) is 5.92 Å². The van der Waals surface area contributed by atoms with Crippen LogP contribution in [0.2, 0.25) is 0 Å². The molecule has 1 saturated heterocycles. The summed E-state index contributed by atoms with van der Waals surface area (Å²) in [4.78, 5) is 2.56. The predicted molar refractivity (Wildman–Crippen MR) is 55.8 cm³/mol. The maximum absolute atomic E-state index is 3.71. The summed E-state index contributed by atoms with van der Waals surface area (Å²) in [6.07, 6.45) is 4.12. The van der Waals surface area contributed by atoms with Gasteiger partial charge < -0.3 is 10.2 Å². The van der Waals surface area contributed by atoms with Crippen LogP contribution in [-0.4, -0.2) is 36.6 Å². The molecule has 1 aliphatic carbocycles. The van der Waals surface area contributed by atoms with E-state index >= 15 is 0 Å². The molecule has 0 amide bonds. The zero-order valence-corrected chi connectivity index (χ0v) is 9.14. The Kier molecular flexibility index (Phi) is 2.37. The largest absolute Gasteiger partial charge is 0.308 e. The topological polar surface area (TPSA) is 15.3 Å². The highest BCUT2D eigenvalue weighted by atomic mass is 15.3. The summed E-state index contributed by atoms with van der Waals surface area (Å²) in [5.41, 5.74) is 0.544. The molecule has 76 valence electrons. The molecule has 0 aromatic heterocycles. The molecule has 1 N–H and O–H groups in total. The number of nitrogens with one attached hydrogen (secondary N) is 1. The number of nitrogens with zero attached hydrogens (tertiary/aromatic N) is 1. The maximum atomic E-state index is 3.71. The molecule has 1 heterocycles. The highest BCUT2D eigenvalue weighted by Gasteiger charge is 2.46. The smallest absolute Gasteiger partial charge is 0.0310 e. The Morgan fingerprint density at radius 1 is 1.46 bits per heavy atom. The number of piperazine rings is 1. The first kappa shape index (κ1) is 9.47. The van der Waals surface area contributed by atoms with Crippen molar-refractivity contribution in [2.45, 2.75) is 44.7 Å². The second-order valence-electron chi connectivity index (χ2n) is 5.36. The van der Waals surface area contributed by atoms with Crippen LogP contribution in [0.4, 0.5) is 0 Å². The lowest BCUT2D eigenvalue weighted by molar-refractivity contribution is 0.136. The minimum Gasteiger partial charge on any atom is -0.308 e. The van der Waals surface area contributed by atoms with Crippen LogP contribution in [0.15, 0.2) is 0 Å². The van der Waals surface area contributed by atoms with Gasteiger partial charge in [-0.2, -0.15) is 0 Å². The van der Waals surface area contributed by atoms with E-state index in [0.717, 1.165) is 12.0 Å². The van der Waals surface area contributed by atoms with Gasteiger partial charge in [-0.05, 0) is 32.2 Å². The van der Waals surface area contributed by atoms with Crippen LogP contribution in [0, 0.1) is 5.92 Å². The van der Waals surface area contributed by atoms with E-state index in [1.165, 1.54) is 32.4 Å². The van der Waals surface area contributed by atoms with Gasteiger partial charge in [-0.1, -0.05) is 13.8 Å². The third-order valence-corrected chi connectivity index (χ3v) is 3.49. The Morgan fingerprint density at radius 3 is 2.62 bits per heavy atom. The van der Waals surface area contributed by atoms with Crippen LogP contribution >= 0.6 is 0 Å². The molecule has 0 aromatic rings. The molecule has 2 aliphatic rings. The van der Waals surface area contributed by atoms with Crippen molar-refractivity contribution in [1.29, 1.82) is 0 Å². The van der Waals surface area contributed by atoms with E-state index in [-0.39, 0.29) is 0 Å². The van der Waals surface area contributed by atoms with E-state index in [9.17, 15) is 0 Å². The standard InChI is InChI=1S/C11H22N2/c1-9(2)6-10-7-12-11(4-5-11)8-13(10)3/h9-10,12H,4-8H2,1-3H3. The summed E-state index contributed by atoms with van der Waals surface area (Å²) in [5.74, 6) is 0.822. The van der Waals surface area contributed by atoms with Crippen LogP contribution in [0.5, 0.6) is 0 Å². The zero-order valence-electron chi connectivity index (χ0n) is 9.14. The Morgan fingerprint density at radius 2 is 2.15 bits per heavy atom. The maximum Gasteiger partial charge on any atom is 0.0310 e. The molecule has 0 radical (unpaired) electrons. The Hall–Kier alpha value is -0.0800. The molecule has 1 saturated carbocycles. The molecule has 2 nitrogen and oxygen atoms in total. The van der Waals surface area contributed by atoms with Crippen LogP contribution in [0.3, 0.4) is 0 Å². The molecule has 2 rings (SSSR count). The third-order valence-electron chi connectivity index (χ3n) is 3.49. The Balaban J connectivity index is 1.86. The quantitative estimate of drug-likeness (QED) is 0.695. The molecule has 2 fully saturated rings. The molecule has 13 heavy (non-hydrogen) atoms. The second-order valence-corrected chi connectivity index (χ2v) is 5.36. The van der Waals surface area contributed by atoms with Gasteiger partial charge in [-0.3, -0.25) is 0 Å². The first-order valence-electron chi connectivity index (χ1n) is 5.57. The lowest BCUT2D eigenvalue weighted by atomic mass is 9.99. The van der Waals surface area contributed by atoms with Crippen molar-refractivity contribution >= 4 is 0 Å². The van der Waals surface area contributed by atoms with Gasteiger partial charge >= 0.3 is 0 Å². The SMILES string of the molecule is CC(C)CC1CNC2(CC2)CN1C. The number of hydrogen-bond donors (Lipinski definition) is 1. The van der Waals surface area contributed by atoms with E-state index < -0.39 is 0 Å². The van der Waals surface area contributed by atoms with Crippen molar-refractivity contribution in [3.8, 4) is 0 Å². The van der Waals surface area contributed by atoms with Gasteiger partial charge in [-0.25, -0.2) is 0 Å². The molecule has 0 aromatic carbocycles. The highest BCUT2D eigenvalue weighted by Crippen LogP contribution is 2.38. The first-order valence-corrected chi connectivity index (χ1v) is 5.57. The summed E-state index contributed by atoms with van der Waals surface area (Å²) >= 11 is 0. The molecule has 2 heteroatoms. The number of rotatable bonds is 2. The molecule has 1 spiro atoms. The van der Waals surface area contributed by atoms with E-state index in [1.807, 2.05) is 0 Å². The minimum atomic E-state index is 0.544. The summed E-state index contributed by atoms with van der Waals surface area (Å²) < 4.78 is 0. The summed E-state index contributed by atoms with van der Waals surface area (Å²) in [6.45, 7) is 7.10. The Labute approximate surface area is 81.7 Å². The van der Waals surface area contributed by atoms with Gasteiger partial charge in [0.2, 0.25) is 0 Å². The van der Waals surface area contributed by atoms with E-state index in [0.29, 0.717) is 5.54 Å². The lowest BCUT2D eigenvalue weighted by Gasteiger charge is -2.39. The van der Waals surface area contributed by atoms with Crippen LogP contribution in [0.25, 0.3) is 0 Å². The second kappa shape index (κ2) is 3.25. The van der Waals surface area contributed by atoms with Crippen molar-refractivity contribution in [3.63, 3.8) is 0 Å². The van der Waals surface area contributed by atoms with Crippen molar-refractivity contribution in [1.82, 2.24) is 10.2 Å². The highest BCUT2D eigenvalue weighted by molar-refractivity contribution is 5.07. The molecule has 1 unspecified atom stereocenters. The Bertz CT molecular complexity index is 185. The van der Waals surface area contributed by atoms with Gasteiger partial charge in [0.15, 0.2) is 0 Å². The lowest BCUT2D eigenvalue weighted by Crippen LogP contribution is -2.56. The van der Waals surface area contributed by atoms with Gasteiger partial charge in [0.1, 0.15) is 0 Å². The fourth-order valence-corrected chi connectivity index (χ4v) is 2.45. The van der Waals surface area contributed by atoms with Crippen molar-refractivity contribution in [2.75, 3.05) is 20.1 Å². The van der Waals surface area contributed by atoms with Crippen LogP contribution in [0.1, 0.15) is 33.1 Å². The van der Waals surface area contributed by atoms with Gasteiger partial charge in [0.05, 0.1) is 0 Å². The van der Waals surface area contributed by atoms with E-state index in [2.05, 4.69) is 31.1 Å². The zero-order chi connectivity index (χ0) is 9.47. The third kappa shape index (κ3) is 2.05. The fourth-order valence-electron chi connectivity index (χ4n) is 2.45.